The lowest BCUT2D eigenvalue weighted by Crippen LogP contribution is -2.68. The van der Waals surface area contributed by atoms with Crippen LogP contribution in [0.1, 0.15) is 12.8 Å². The third kappa shape index (κ3) is 9.15. The first-order valence-electron chi connectivity index (χ1n) is 5.93. The second-order valence-electron chi connectivity index (χ2n) is 4.15. The highest BCUT2D eigenvalue weighted by molar-refractivity contribution is 8.68. The normalized spacial score (nSPS) is 13.0. The molecule has 0 rings (SSSR count). The Hall–Kier alpha value is -1.46. The average molecular weight is 338 g/mol. The van der Waals surface area contributed by atoms with E-state index in [-0.39, 0.29) is 25.1 Å². The number of hydrogen-bond acceptors (Lipinski definition) is 7. The van der Waals surface area contributed by atoms with E-state index >= 15 is 0 Å². The number of aliphatic carboxylic acids is 1. The van der Waals surface area contributed by atoms with Gasteiger partial charge in [0.05, 0.1) is 12.5 Å². The summed E-state index contributed by atoms with van der Waals surface area (Å²) >= 11 is 3.90. The van der Waals surface area contributed by atoms with Crippen molar-refractivity contribution in [1.82, 2.24) is 10.6 Å². The Morgan fingerprint density at radius 1 is 1.33 bits per heavy atom. The van der Waals surface area contributed by atoms with Gasteiger partial charge in [-0.25, -0.2) is 0 Å². The fourth-order valence-corrected chi connectivity index (χ4v) is 2.08. The van der Waals surface area contributed by atoms with E-state index in [1.807, 2.05) is 0 Å². The first-order valence-corrected chi connectivity index (χ1v) is 7.97. The minimum absolute atomic E-state index is 0.00217. The van der Waals surface area contributed by atoms with Crippen LogP contribution in [0.15, 0.2) is 0 Å². The molecular formula is C10H18N4O5S2. The predicted octanol–water partition coefficient (Wildman–Crippen LogP) is -4.21. The quantitative estimate of drug-likeness (QED) is 0.200. The van der Waals surface area contributed by atoms with Gasteiger partial charge in [-0.3, -0.25) is 14.4 Å². The SMILES string of the molecule is NC(=O)CNC(=O)C(CSS)NC(=O)CCC([NH3+])C(=O)[O-]. The Balaban J connectivity index is 4.35. The van der Waals surface area contributed by atoms with E-state index in [9.17, 15) is 24.3 Å². The second kappa shape index (κ2) is 10.3. The van der Waals surface area contributed by atoms with Gasteiger partial charge in [-0.2, -0.15) is 0 Å². The highest BCUT2D eigenvalue weighted by Gasteiger charge is 2.21. The number of thiol groups is 1. The van der Waals surface area contributed by atoms with Gasteiger partial charge in [-0.15, -0.1) is 11.7 Å². The molecule has 2 atom stereocenters. The molecule has 0 aliphatic heterocycles. The molecule has 0 aliphatic rings. The minimum atomic E-state index is -1.34. The van der Waals surface area contributed by atoms with E-state index in [1.54, 1.807) is 0 Å². The third-order valence-corrected chi connectivity index (χ3v) is 3.31. The summed E-state index contributed by atoms with van der Waals surface area (Å²) in [5.74, 6) is -2.96. The Morgan fingerprint density at radius 3 is 2.43 bits per heavy atom. The molecule has 0 spiro atoms. The standard InChI is InChI=1S/C10H18N4O5S2/c11-5(10(18)19)1-2-8(16)14-6(4-21-20)9(17)13-3-7(12)15/h5-6,20H,1-4,11H2,(H2,12,15)(H,13,17)(H,14,16)(H,18,19). The van der Waals surface area contributed by atoms with Crippen molar-refractivity contribution in [2.24, 2.45) is 5.73 Å². The van der Waals surface area contributed by atoms with Crippen LogP contribution in [0.2, 0.25) is 0 Å². The highest BCUT2D eigenvalue weighted by atomic mass is 33.1. The van der Waals surface area contributed by atoms with Crippen LogP contribution in [0.25, 0.3) is 0 Å². The summed E-state index contributed by atoms with van der Waals surface area (Å²) in [6, 6.07) is -1.90. The van der Waals surface area contributed by atoms with E-state index in [4.69, 9.17) is 5.73 Å². The zero-order valence-electron chi connectivity index (χ0n) is 11.2. The van der Waals surface area contributed by atoms with Gasteiger partial charge in [0.2, 0.25) is 17.7 Å². The molecule has 0 heterocycles. The number of carboxylic acids is 1. The number of primary amides is 1. The minimum Gasteiger partial charge on any atom is -0.544 e. The Morgan fingerprint density at radius 2 is 1.95 bits per heavy atom. The smallest absolute Gasteiger partial charge is 0.243 e. The Labute approximate surface area is 130 Å². The molecule has 11 heteroatoms. The fourth-order valence-electron chi connectivity index (χ4n) is 1.24. The molecule has 21 heavy (non-hydrogen) atoms. The van der Waals surface area contributed by atoms with Gasteiger partial charge in [-0.05, 0) is 0 Å². The summed E-state index contributed by atoms with van der Waals surface area (Å²) < 4.78 is 0. The molecule has 2 unspecified atom stereocenters. The molecule has 7 N–H and O–H groups in total. The lowest BCUT2D eigenvalue weighted by molar-refractivity contribution is -0.438. The van der Waals surface area contributed by atoms with Crippen molar-refractivity contribution in [3.05, 3.63) is 0 Å². The summed E-state index contributed by atoms with van der Waals surface area (Å²) in [6.07, 6.45) is -0.114. The van der Waals surface area contributed by atoms with E-state index in [1.165, 1.54) is 0 Å². The summed E-state index contributed by atoms with van der Waals surface area (Å²) in [4.78, 5) is 44.4. The van der Waals surface area contributed by atoms with E-state index in [2.05, 4.69) is 28.0 Å². The maximum absolute atomic E-state index is 11.7. The summed E-state index contributed by atoms with van der Waals surface area (Å²) in [5, 5.41) is 15.2. The van der Waals surface area contributed by atoms with Crippen LogP contribution in [0, 0.1) is 0 Å². The van der Waals surface area contributed by atoms with E-state index in [0.717, 1.165) is 10.8 Å². The molecule has 0 aromatic carbocycles. The number of amides is 3. The van der Waals surface area contributed by atoms with Crippen LogP contribution in [0.4, 0.5) is 0 Å². The molecule has 0 bridgehead atoms. The van der Waals surface area contributed by atoms with Crippen molar-refractivity contribution in [3.8, 4) is 0 Å². The van der Waals surface area contributed by atoms with Crippen molar-refractivity contribution in [3.63, 3.8) is 0 Å². The van der Waals surface area contributed by atoms with Gasteiger partial charge < -0.3 is 32.0 Å². The number of rotatable bonds is 10. The molecule has 0 aromatic rings. The predicted molar refractivity (Wildman–Crippen MR) is 76.5 cm³/mol. The highest BCUT2D eigenvalue weighted by Crippen LogP contribution is 2.07. The molecule has 0 aromatic heterocycles. The van der Waals surface area contributed by atoms with Crippen LogP contribution >= 0.6 is 22.5 Å². The number of carbonyl (C=O) groups excluding carboxylic acids is 4. The zero-order chi connectivity index (χ0) is 16.4. The van der Waals surface area contributed by atoms with Gasteiger partial charge >= 0.3 is 0 Å². The number of hydrogen-bond donors (Lipinski definition) is 5. The van der Waals surface area contributed by atoms with Crippen LogP contribution < -0.4 is 27.2 Å². The number of nitrogens with one attached hydrogen (secondary N) is 2. The summed E-state index contributed by atoms with van der Waals surface area (Å²) in [5.41, 5.74) is 8.22. The lowest BCUT2D eigenvalue weighted by atomic mass is 10.1. The van der Waals surface area contributed by atoms with Gasteiger partial charge in [0.25, 0.3) is 0 Å². The first-order chi connectivity index (χ1) is 9.77. The lowest BCUT2D eigenvalue weighted by Gasteiger charge is -2.17. The number of quaternary nitrogens is 1. The third-order valence-electron chi connectivity index (χ3n) is 2.38. The second-order valence-corrected chi connectivity index (χ2v) is 5.52. The van der Waals surface area contributed by atoms with Gasteiger partial charge in [0, 0.05) is 18.6 Å². The summed E-state index contributed by atoms with van der Waals surface area (Å²) in [7, 11) is 1.03. The molecule has 0 radical (unpaired) electrons. The van der Waals surface area contributed by atoms with E-state index < -0.39 is 35.8 Å². The van der Waals surface area contributed by atoms with Crippen molar-refractivity contribution >= 4 is 46.1 Å². The number of carbonyl (C=O) groups is 4. The van der Waals surface area contributed by atoms with Gasteiger partial charge in [-0.1, -0.05) is 10.8 Å². The molecule has 3 amide bonds. The molecule has 9 nitrogen and oxygen atoms in total. The van der Waals surface area contributed by atoms with Crippen molar-refractivity contribution < 1.29 is 30.0 Å². The Bertz CT molecular complexity index is 407. The van der Waals surface area contributed by atoms with Crippen LogP contribution in [0.3, 0.4) is 0 Å². The maximum Gasteiger partial charge on any atom is 0.243 e. The van der Waals surface area contributed by atoms with Crippen LogP contribution in [-0.2, 0) is 19.2 Å². The molecule has 0 saturated heterocycles. The number of carboxylic acid groups (broad SMARTS) is 1. The fraction of sp³-hybridized carbons (Fsp3) is 0.600. The zero-order valence-corrected chi connectivity index (χ0v) is 12.9. The maximum atomic E-state index is 11.7. The van der Waals surface area contributed by atoms with Gasteiger partial charge in [0.1, 0.15) is 12.1 Å². The Kier molecular flexibility index (Phi) is 9.58. The van der Waals surface area contributed by atoms with E-state index in [0.29, 0.717) is 0 Å². The van der Waals surface area contributed by atoms with Gasteiger partial charge in [0.15, 0.2) is 0 Å². The van der Waals surface area contributed by atoms with Crippen molar-refractivity contribution in [2.75, 3.05) is 12.3 Å². The molecule has 0 aliphatic carbocycles. The monoisotopic (exact) mass is 338 g/mol. The van der Waals surface area contributed by atoms with Crippen molar-refractivity contribution in [1.29, 1.82) is 0 Å². The molecular weight excluding hydrogens is 320 g/mol. The molecule has 0 saturated carbocycles. The van der Waals surface area contributed by atoms with Crippen molar-refractivity contribution in [2.45, 2.75) is 24.9 Å². The molecule has 120 valence electrons. The largest absolute Gasteiger partial charge is 0.544 e. The van der Waals surface area contributed by atoms with Crippen LogP contribution in [0.5, 0.6) is 0 Å². The number of nitrogens with two attached hydrogens (primary N) is 1. The topological polar surface area (TPSA) is 169 Å². The summed E-state index contributed by atoms with van der Waals surface area (Å²) in [6.45, 7) is -0.339. The average Bonchev–Trinajstić information content (AvgIpc) is 2.41. The first kappa shape index (κ1) is 19.5. The van der Waals surface area contributed by atoms with Crippen LogP contribution in [-0.4, -0.2) is 48.1 Å². The molecule has 0 fully saturated rings.